The van der Waals surface area contributed by atoms with E-state index in [9.17, 15) is 13.2 Å². The molecule has 8 heteroatoms. The Morgan fingerprint density at radius 3 is 2.56 bits per heavy atom. The van der Waals surface area contributed by atoms with Crippen LogP contribution in [0.25, 0.3) is 0 Å². The van der Waals surface area contributed by atoms with Crippen LogP contribution in [0.15, 0.2) is 21.5 Å². The van der Waals surface area contributed by atoms with E-state index in [0.29, 0.717) is 19.0 Å². The maximum Gasteiger partial charge on any atom is 0.390 e. The highest BCUT2D eigenvalue weighted by molar-refractivity contribution is 5.79. The summed E-state index contributed by atoms with van der Waals surface area (Å²) in [5.41, 5.74) is 0. The third-order valence-electron chi connectivity index (χ3n) is 4.14. The van der Waals surface area contributed by atoms with Crippen molar-refractivity contribution in [2.24, 2.45) is 4.99 Å². The van der Waals surface area contributed by atoms with E-state index in [-0.39, 0.29) is 12.6 Å². The molecule has 0 radical (unpaired) electrons. The van der Waals surface area contributed by atoms with Crippen LogP contribution in [0.1, 0.15) is 43.7 Å². The van der Waals surface area contributed by atoms with Gasteiger partial charge in [0, 0.05) is 13.1 Å². The molecule has 0 aliphatic carbocycles. The number of rotatable bonds is 7. The van der Waals surface area contributed by atoms with Gasteiger partial charge in [-0.1, -0.05) is 0 Å². The highest BCUT2D eigenvalue weighted by Gasteiger charge is 2.27. The predicted molar refractivity (Wildman–Crippen MR) is 91.6 cm³/mol. The highest BCUT2D eigenvalue weighted by atomic mass is 19.4. The second-order valence-corrected chi connectivity index (χ2v) is 6.22. The molecule has 1 unspecified atom stereocenters. The van der Waals surface area contributed by atoms with Crippen LogP contribution in [0, 0.1) is 6.92 Å². The van der Waals surface area contributed by atoms with Gasteiger partial charge in [0.2, 0.25) is 0 Å². The summed E-state index contributed by atoms with van der Waals surface area (Å²) in [5.74, 6) is 2.10. The van der Waals surface area contributed by atoms with Crippen molar-refractivity contribution in [1.82, 2.24) is 15.5 Å². The van der Waals surface area contributed by atoms with Crippen molar-refractivity contribution in [2.75, 3.05) is 32.7 Å². The molecule has 1 saturated heterocycles. The third kappa shape index (κ3) is 6.61. The Morgan fingerprint density at radius 1 is 1.28 bits per heavy atom. The monoisotopic (exact) mass is 360 g/mol. The number of aryl methyl sites for hydroxylation is 1. The first-order chi connectivity index (χ1) is 11.9. The molecule has 0 saturated carbocycles. The minimum Gasteiger partial charge on any atom is -0.465 e. The van der Waals surface area contributed by atoms with Crippen LogP contribution in [-0.4, -0.2) is 49.8 Å². The van der Waals surface area contributed by atoms with Gasteiger partial charge in [-0.15, -0.1) is 0 Å². The smallest absolute Gasteiger partial charge is 0.390 e. The molecule has 0 bridgehead atoms. The minimum absolute atomic E-state index is 0.00859. The van der Waals surface area contributed by atoms with Gasteiger partial charge >= 0.3 is 6.18 Å². The molecule has 2 rings (SSSR count). The summed E-state index contributed by atoms with van der Waals surface area (Å²) in [6, 6.07) is 3.89. The highest BCUT2D eigenvalue weighted by Crippen LogP contribution is 2.27. The first-order valence-electron chi connectivity index (χ1n) is 8.78. The number of alkyl halides is 3. The lowest BCUT2D eigenvalue weighted by atomic mass is 10.2. The van der Waals surface area contributed by atoms with E-state index in [1.807, 2.05) is 26.0 Å². The molecule has 1 aromatic heterocycles. The lowest BCUT2D eigenvalue weighted by Crippen LogP contribution is -2.39. The molecule has 1 fully saturated rings. The van der Waals surface area contributed by atoms with E-state index in [2.05, 4.69) is 20.5 Å². The first kappa shape index (κ1) is 19.6. The maximum absolute atomic E-state index is 12.3. The largest absolute Gasteiger partial charge is 0.465 e. The van der Waals surface area contributed by atoms with Gasteiger partial charge in [0.05, 0.1) is 19.0 Å². The molecule has 0 spiro atoms. The number of hydrogen-bond donors (Lipinski definition) is 2. The standard InChI is InChI=1S/C17H27F3N4O/c1-3-21-16(22-9-8-17(18,19)20)23-12-14(24-10-4-5-11-24)15-7-6-13(2)25-15/h6-7,14H,3-5,8-12H2,1-2H3,(H2,21,22,23). The second-order valence-electron chi connectivity index (χ2n) is 6.22. The van der Waals surface area contributed by atoms with Crippen LogP contribution in [0.3, 0.4) is 0 Å². The second kappa shape index (κ2) is 9.12. The summed E-state index contributed by atoms with van der Waals surface area (Å²) in [6.45, 7) is 6.59. The SMILES string of the molecule is CCNC(=NCC(c1ccc(C)o1)N1CCCC1)NCCC(F)(F)F. The van der Waals surface area contributed by atoms with E-state index >= 15 is 0 Å². The van der Waals surface area contributed by atoms with Crippen molar-refractivity contribution in [1.29, 1.82) is 0 Å². The number of nitrogens with one attached hydrogen (secondary N) is 2. The van der Waals surface area contributed by atoms with Gasteiger partial charge in [-0.05, 0) is 51.9 Å². The van der Waals surface area contributed by atoms with Gasteiger partial charge in [-0.2, -0.15) is 13.2 Å². The van der Waals surface area contributed by atoms with Crippen LogP contribution in [0.2, 0.25) is 0 Å². The van der Waals surface area contributed by atoms with E-state index in [1.165, 1.54) is 0 Å². The Morgan fingerprint density at radius 2 is 2.00 bits per heavy atom. The number of likely N-dealkylation sites (tertiary alicyclic amines) is 1. The molecule has 2 N–H and O–H groups in total. The summed E-state index contributed by atoms with van der Waals surface area (Å²) in [6.07, 6.45) is -2.77. The van der Waals surface area contributed by atoms with Crippen molar-refractivity contribution < 1.29 is 17.6 Å². The number of hydrogen-bond acceptors (Lipinski definition) is 3. The van der Waals surface area contributed by atoms with Crippen LogP contribution in [-0.2, 0) is 0 Å². The molecule has 0 amide bonds. The molecule has 1 atom stereocenters. The van der Waals surface area contributed by atoms with E-state index in [4.69, 9.17) is 4.42 Å². The average molecular weight is 360 g/mol. The van der Waals surface area contributed by atoms with Gasteiger partial charge < -0.3 is 15.1 Å². The van der Waals surface area contributed by atoms with Gasteiger partial charge in [0.25, 0.3) is 0 Å². The molecule has 5 nitrogen and oxygen atoms in total. The van der Waals surface area contributed by atoms with Crippen molar-refractivity contribution >= 4 is 5.96 Å². The Hall–Kier alpha value is -1.70. The van der Waals surface area contributed by atoms with Gasteiger partial charge in [-0.25, -0.2) is 0 Å². The number of furan rings is 1. The molecule has 2 heterocycles. The Bertz CT molecular complexity index is 550. The van der Waals surface area contributed by atoms with Crippen LogP contribution < -0.4 is 10.6 Å². The zero-order valence-corrected chi connectivity index (χ0v) is 14.8. The van der Waals surface area contributed by atoms with Gasteiger partial charge in [-0.3, -0.25) is 9.89 Å². The van der Waals surface area contributed by atoms with Gasteiger partial charge in [0.15, 0.2) is 5.96 Å². The topological polar surface area (TPSA) is 52.8 Å². The quantitative estimate of drug-likeness (QED) is 0.579. The summed E-state index contributed by atoms with van der Waals surface area (Å²) in [4.78, 5) is 6.81. The van der Waals surface area contributed by atoms with Crippen LogP contribution >= 0.6 is 0 Å². The third-order valence-corrected chi connectivity index (χ3v) is 4.14. The zero-order valence-electron chi connectivity index (χ0n) is 14.8. The Kier molecular flexibility index (Phi) is 7.16. The molecule has 1 aliphatic rings. The first-order valence-corrected chi connectivity index (χ1v) is 8.78. The fraction of sp³-hybridized carbons (Fsp3) is 0.706. The molecule has 1 aromatic rings. The van der Waals surface area contributed by atoms with Crippen LogP contribution in [0.4, 0.5) is 13.2 Å². The lowest BCUT2D eigenvalue weighted by molar-refractivity contribution is -0.132. The minimum atomic E-state index is -4.17. The average Bonchev–Trinajstić information content (AvgIpc) is 3.18. The summed E-state index contributed by atoms with van der Waals surface area (Å²) in [7, 11) is 0. The predicted octanol–water partition coefficient (Wildman–Crippen LogP) is 3.23. The number of guanidine groups is 1. The molecule has 0 aromatic carbocycles. The summed E-state index contributed by atoms with van der Waals surface area (Å²) in [5, 5.41) is 5.74. The van der Waals surface area contributed by atoms with Crippen molar-refractivity contribution in [3.8, 4) is 0 Å². The normalized spacial score (nSPS) is 17.7. The summed E-state index contributed by atoms with van der Waals surface area (Å²) < 4.78 is 42.7. The van der Waals surface area contributed by atoms with Crippen LogP contribution in [0.5, 0.6) is 0 Å². The fourth-order valence-corrected chi connectivity index (χ4v) is 2.91. The Labute approximate surface area is 146 Å². The molecular formula is C17H27F3N4O. The fourth-order valence-electron chi connectivity index (χ4n) is 2.91. The van der Waals surface area contributed by atoms with Crippen molar-refractivity contribution in [3.63, 3.8) is 0 Å². The lowest BCUT2D eigenvalue weighted by Gasteiger charge is -2.24. The molecular weight excluding hydrogens is 333 g/mol. The van der Waals surface area contributed by atoms with E-state index < -0.39 is 12.6 Å². The molecule has 142 valence electrons. The van der Waals surface area contributed by atoms with Gasteiger partial charge in [0.1, 0.15) is 11.5 Å². The van der Waals surface area contributed by atoms with Crippen molar-refractivity contribution in [2.45, 2.75) is 45.3 Å². The molecule has 25 heavy (non-hydrogen) atoms. The zero-order chi connectivity index (χ0) is 18.3. The number of halogens is 3. The van der Waals surface area contributed by atoms with Crippen molar-refractivity contribution in [3.05, 3.63) is 23.7 Å². The number of nitrogens with zero attached hydrogens (tertiary/aromatic N) is 2. The number of aliphatic imine (C=N–C) groups is 1. The molecule has 1 aliphatic heterocycles. The Balaban J connectivity index is 2.02. The summed E-state index contributed by atoms with van der Waals surface area (Å²) >= 11 is 0. The van der Waals surface area contributed by atoms with E-state index in [1.54, 1.807) is 0 Å². The van der Waals surface area contributed by atoms with E-state index in [0.717, 1.165) is 37.5 Å². The maximum atomic E-state index is 12.3.